The predicted molar refractivity (Wildman–Crippen MR) is 315 cm³/mol. The number of nitrogens with one attached hydrogen (secondary N) is 1. The third-order valence-electron chi connectivity index (χ3n) is 15.2. The van der Waals surface area contributed by atoms with E-state index in [-0.39, 0.29) is 18.5 Å². The van der Waals surface area contributed by atoms with Crippen molar-refractivity contribution in [1.82, 2.24) is 5.32 Å². The maximum Gasteiger partial charge on any atom is 0.305 e. The Morgan fingerprint density at radius 3 is 0.986 bits per heavy atom. The molecule has 0 saturated carbocycles. The average molecular weight is 1010 g/mol. The smallest absolute Gasteiger partial charge is 0.305 e. The Hall–Kier alpha value is -1.66. The minimum Gasteiger partial charge on any atom is -0.466 e. The van der Waals surface area contributed by atoms with E-state index in [1.165, 1.54) is 295 Å². The number of esters is 1. The van der Waals surface area contributed by atoms with Gasteiger partial charge in [-0.3, -0.25) is 9.59 Å². The van der Waals surface area contributed by atoms with Crippen LogP contribution in [0.4, 0.5) is 0 Å². The van der Waals surface area contributed by atoms with Gasteiger partial charge in [0.15, 0.2) is 0 Å². The summed E-state index contributed by atoms with van der Waals surface area (Å²) in [5.74, 6) is -0.0522. The van der Waals surface area contributed by atoms with Crippen LogP contribution in [0.1, 0.15) is 361 Å². The van der Waals surface area contributed by atoms with Gasteiger partial charge in [0.05, 0.1) is 25.4 Å². The number of hydrogen-bond donors (Lipinski definition) is 3. The first-order valence-corrected chi connectivity index (χ1v) is 32.6. The Kier molecular flexibility index (Phi) is 60.5. The fourth-order valence-corrected chi connectivity index (χ4v) is 10.2. The third-order valence-corrected chi connectivity index (χ3v) is 15.2. The first kappa shape index (κ1) is 70.3. The number of hydrogen-bond acceptors (Lipinski definition) is 5. The molecule has 0 spiro atoms. The van der Waals surface area contributed by atoms with Crippen molar-refractivity contribution in [3.05, 3.63) is 24.3 Å². The number of allylic oxidation sites excluding steroid dienone is 3. The van der Waals surface area contributed by atoms with E-state index < -0.39 is 12.1 Å². The molecule has 0 rings (SSSR count). The monoisotopic (exact) mass is 1010 g/mol. The van der Waals surface area contributed by atoms with Crippen LogP contribution in [0.25, 0.3) is 0 Å². The number of ether oxygens (including phenoxy) is 1. The molecule has 0 aliphatic carbocycles. The van der Waals surface area contributed by atoms with Gasteiger partial charge in [-0.05, 0) is 57.8 Å². The van der Waals surface area contributed by atoms with Crippen LogP contribution in [-0.4, -0.2) is 47.4 Å². The van der Waals surface area contributed by atoms with Gasteiger partial charge in [0.25, 0.3) is 0 Å². The summed E-state index contributed by atoms with van der Waals surface area (Å²) in [6.45, 7) is 4.93. The quantitative estimate of drug-likeness (QED) is 0.0320. The van der Waals surface area contributed by atoms with E-state index in [0.29, 0.717) is 19.4 Å². The van der Waals surface area contributed by atoms with Crippen molar-refractivity contribution in [1.29, 1.82) is 0 Å². The molecule has 6 heteroatoms. The summed E-state index contributed by atoms with van der Waals surface area (Å²) in [4.78, 5) is 24.5. The molecule has 2 unspecified atom stereocenters. The van der Waals surface area contributed by atoms with Crippen molar-refractivity contribution in [2.75, 3.05) is 13.2 Å². The molecule has 0 heterocycles. The summed E-state index contributed by atoms with van der Waals surface area (Å²) in [7, 11) is 0. The van der Waals surface area contributed by atoms with Crippen LogP contribution >= 0.6 is 0 Å². The average Bonchev–Trinajstić information content (AvgIpc) is 3.38. The van der Waals surface area contributed by atoms with Gasteiger partial charge in [0.2, 0.25) is 5.91 Å². The summed E-state index contributed by atoms with van der Waals surface area (Å²) in [5, 5.41) is 23.2. The fourth-order valence-electron chi connectivity index (χ4n) is 10.2. The zero-order valence-electron chi connectivity index (χ0n) is 48.7. The summed E-state index contributed by atoms with van der Waals surface area (Å²) in [6, 6.07) is -0.629. The molecule has 0 aliphatic heterocycles. The number of unbranched alkanes of at least 4 members (excludes halogenated alkanes) is 48. The van der Waals surface area contributed by atoms with Crippen LogP contribution in [0.5, 0.6) is 0 Å². The molecular formula is C66H127NO5. The lowest BCUT2D eigenvalue weighted by molar-refractivity contribution is -0.143. The lowest BCUT2D eigenvalue weighted by atomic mass is 10.0. The number of carbonyl (C=O) groups excluding carboxylic acids is 2. The van der Waals surface area contributed by atoms with E-state index in [4.69, 9.17) is 4.74 Å². The summed E-state index contributed by atoms with van der Waals surface area (Å²) in [5.41, 5.74) is 0. The highest BCUT2D eigenvalue weighted by molar-refractivity contribution is 5.76. The Morgan fingerprint density at radius 2 is 0.653 bits per heavy atom. The topological polar surface area (TPSA) is 95.9 Å². The van der Waals surface area contributed by atoms with Gasteiger partial charge in [-0.25, -0.2) is 0 Å². The Morgan fingerprint density at radius 1 is 0.375 bits per heavy atom. The summed E-state index contributed by atoms with van der Waals surface area (Å²) >= 11 is 0. The minimum atomic E-state index is -0.845. The highest BCUT2D eigenvalue weighted by atomic mass is 16.5. The van der Waals surface area contributed by atoms with Crippen LogP contribution in [0.2, 0.25) is 0 Å². The molecule has 72 heavy (non-hydrogen) atoms. The van der Waals surface area contributed by atoms with Crippen molar-refractivity contribution in [2.24, 2.45) is 0 Å². The van der Waals surface area contributed by atoms with Crippen molar-refractivity contribution < 1.29 is 24.5 Å². The molecule has 0 aromatic rings. The molecule has 0 aromatic carbocycles. The van der Waals surface area contributed by atoms with Gasteiger partial charge in [-0.2, -0.15) is 0 Å². The molecule has 0 aromatic heterocycles. The van der Waals surface area contributed by atoms with Crippen molar-refractivity contribution >= 4 is 11.9 Å². The van der Waals surface area contributed by atoms with Crippen LogP contribution in [-0.2, 0) is 14.3 Å². The number of aliphatic hydroxyl groups is 2. The maximum atomic E-state index is 12.5. The molecule has 1 amide bonds. The molecule has 0 fully saturated rings. The van der Waals surface area contributed by atoms with Gasteiger partial charge in [-0.15, -0.1) is 0 Å². The molecule has 2 atom stereocenters. The van der Waals surface area contributed by atoms with Gasteiger partial charge in [0.1, 0.15) is 0 Å². The van der Waals surface area contributed by atoms with E-state index in [0.717, 1.165) is 38.5 Å². The van der Waals surface area contributed by atoms with Gasteiger partial charge in [0, 0.05) is 12.8 Å². The second-order valence-electron chi connectivity index (χ2n) is 22.5. The van der Waals surface area contributed by atoms with Crippen LogP contribution < -0.4 is 5.32 Å². The standard InChI is InChI=1S/C66H127NO5/c1-3-5-7-9-11-13-15-17-18-29-32-35-38-42-46-50-54-58-64(69)63(62-68)67-65(70)59-55-51-47-43-39-36-33-30-27-25-23-21-19-20-22-24-26-28-31-34-37-41-45-49-53-57-61-72-66(71)60-56-52-48-44-40-16-14-12-10-8-6-4-2/h19,21,54,58,63-64,68-69H,3-18,20,22-53,55-57,59-62H2,1-2H3,(H,67,70)/b21-19-,58-54+. The van der Waals surface area contributed by atoms with E-state index in [1.807, 2.05) is 6.08 Å². The first-order valence-electron chi connectivity index (χ1n) is 32.6. The van der Waals surface area contributed by atoms with Crippen LogP contribution in [0.3, 0.4) is 0 Å². The van der Waals surface area contributed by atoms with E-state index in [9.17, 15) is 19.8 Å². The maximum absolute atomic E-state index is 12.5. The van der Waals surface area contributed by atoms with E-state index in [1.54, 1.807) is 6.08 Å². The number of rotatable bonds is 61. The Balaban J connectivity index is 3.41. The van der Waals surface area contributed by atoms with E-state index in [2.05, 4.69) is 31.3 Å². The van der Waals surface area contributed by atoms with Gasteiger partial charge >= 0.3 is 5.97 Å². The van der Waals surface area contributed by atoms with Crippen molar-refractivity contribution in [2.45, 2.75) is 373 Å². The molecule has 0 aliphatic rings. The minimum absolute atomic E-state index is 0.0150. The molecule has 0 radical (unpaired) electrons. The lowest BCUT2D eigenvalue weighted by Crippen LogP contribution is -2.45. The zero-order valence-corrected chi connectivity index (χ0v) is 48.7. The molecule has 0 saturated heterocycles. The van der Waals surface area contributed by atoms with Crippen molar-refractivity contribution in [3.8, 4) is 0 Å². The zero-order chi connectivity index (χ0) is 52.2. The second-order valence-corrected chi connectivity index (χ2v) is 22.5. The Labute approximate surface area is 450 Å². The predicted octanol–water partition coefficient (Wildman–Crippen LogP) is 20.6. The fraction of sp³-hybridized carbons (Fsp3) is 0.909. The van der Waals surface area contributed by atoms with Gasteiger partial charge in [-0.1, -0.05) is 314 Å². The SMILES string of the molecule is CCCCCCCCCCCCCCCCC/C=C/C(O)C(CO)NC(=O)CCCCCCCCCCCC/C=C\CCCCCCCCCCCCCCOC(=O)CCCCCCCCCCCCCC. The lowest BCUT2D eigenvalue weighted by Gasteiger charge is -2.20. The second kappa shape index (κ2) is 61.9. The molecule has 6 nitrogen and oxygen atoms in total. The number of amides is 1. The van der Waals surface area contributed by atoms with Crippen LogP contribution in [0.15, 0.2) is 24.3 Å². The first-order chi connectivity index (χ1) is 35.5. The van der Waals surface area contributed by atoms with Crippen molar-refractivity contribution in [3.63, 3.8) is 0 Å². The summed E-state index contributed by atoms with van der Waals surface area (Å²) in [6.07, 6.45) is 76.6. The third kappa shape index (κ3) is 57.6. The highest BCUT2D eigenvalue weighted by Gasteiger charge is 2.18. The van der Waals surface area contributed by atoms with E-state index >= 15 is 0 Å². The normalized spacial score (nSPS) is 12.7. The number of carbonyl (C=O) groups is 2. The Bertz CT molecular complexity index is 1120. The molecule has 0 bridgehead atoms. The molecular weight excluding hydrogens is 887 g/mol. The van der Waals surface area contributed by atoms with Crippen LogP contribution in [0, 0.1) is 0 Å². The highest BCUT2D eigenvalue weighted by Crippen LogP contribution is 2.18. The number of aliphatic hydroxyl groups excluding tert-OH is 2. The molecule has 426 valence electrons. The summed E-state index contributed by atoms with van der Waals surface area (Å²) < 4.78 is 5.48. The largest absolute Gasteiger partial charge is 0.466 e. The van der Waals surface area contributed by atoms with Gasteiger partial charge < -0.3 is 20.3 Å². The molecule has 3 N–H and O–H groups in total.